The van der Waals surface area contributed by atoms with Crippen molar-refractivity contribution in [2.24, 2.45) is 23.7 Å². The Labute approximate surface area is 270 Å². The number of allylic oxidation sites excluding steroid dienone is 4. The number of H-pyrrole nitrogens is 2. The van der Waals surface area contributed by atoms with Crippen molar-refractivity contribution in [1.29, 1.82) is 0 Å². The summed E-state index contributed by atoms with van der Waals surface area (Å²) in [6, 6.07) is 0. The van der Waals surface area contributed by atoms with E-state index in [0.29, 0.717) is 30.6 Å². The van der Waals surface area contributed by atoms with Gasteiger partial charge in [0, 0.05) is 75.7 Å². The van der Waals surface area contributed by atoms with E-state index < -0.39 is 18.0 Å². The zero-order chi connectivity index (χ0) is 33.0. The summed E-state index contributed by atoms with van der Waals surface area (Å²) < 4.78 is 10.5. The number of ether oxygens (including phenoxy) is 2. The summed E-state index contributed by atoms with van der Waals surface area (Å²) in [6.07, 6.45) is 11.4. The molecule has 9 heteroatoms. The van der Waals surface area contributed by atoms with Crippen molar-refractivity contribution in [1.82, 2.24) is 20.6 Å². The fourth-order valence-electron chi connectivity index (χ4n) is 7.92. The molecule has 2 aromatic heterocycles. The molecule has 5 N–H and O–H groups in total. The lowest BCUT2D eigenvalue weighted by atomic mass is 9.84. The van der Waals surface area contributed by atoms with Crippen molar-refractivity contribution < 1.29 is 24.2 Å². The van der Waals surface area contributed by atoms with Crippen LogP contribution in [0.2, 0.25) is 0 Å². The van der Waals surface area contributed by atoms with Gasteiger partial charge < -0.3 is 35.2 Å². The quantitative estimate of drug-likeness (QED) is 0.220. The van der Waals surface area contributed by atoms with Gasteiger partial charge in [0.15, 0.2) is 0 Å². The number of aromatic amines is 2. The van der Waals surface area contributed by atoms with Gasteiger partial charge in [0.1, 0.15) is 5.92 Å². The minimum atomic E-state index is -1.08. The largest absolute Gasteiger partial charge is 0.468 e. The molecule has 2 aromatic rings. The summed E-state index contributed by atoms with van der Waals surface area (Å²) in [5.74, 6) is 0.878. The molecule has 6 rings (SSSR count). The summed E-state index contributed by atoms with van der Waals surface area (Å²) in [5.41, 5.74) is 13.2. The van der Waals surface area contributed by atoms with Crippen molar-refractivity contribution >= 4 is 23.6 Å². The molecule has 0 amide bonds. The van der Waals surface area contributed by atoms with Gasteiger partial charge in [0.25, 0.3) is 0 Å². The van der Waals surface area contributed by atoms with Crippen molar-refractivity contribution in [3.05, 3.63) is 79.5 Å². The van der Waals surface area contributed by atoms with E-state index in [2.05, 4.69) is 66.4 Å². The highest BCUT2D eigenvalue weighted by Crippen LogP contribution is 2.52. The molecule has 242 valence electrons. The smallest absolute Gasteiger partial charge is 0.316 e. The number of nitrogens with one attached hydrogen (secondary N) is 4. The third-order valence-electron chi connectivity index (χ3n) is 10.5. The number of hydrogen-bond donors (Lipinski definition) is 5. The average Bonchev–Trinajstić information content (AvgIpc) is 3.77. The molecule has 0 radical (unpaired) electrons. The van der Waals surface area contributed by atoms with Gasteiger partial charge in [-0.25, -0.2) is 0 Å². The molecule has 8 bridgehead atoms. The van der Waals surface area contributed by atoms with E-state index in [0.717, 1.165) is 63.1 Å². The lowest BCUT2D eigenvalue weighted by Crippen LogP contribution is -2.24. The van der Waals surface area contributed by atoms with Gasteiger partial charge in [0.05, 0.1) is 31.4 Å². The first kappa shape index (κ1) is 31.6. The van der Waals surface area contributed by atoms with Crippen LogP contribution in [0.3, 0.4) is 0 Å². The van der Waals surface area contributed by atoms with Crippen LogP contribution >= 0.6 is 0 Å². The maximum absolute atomic E-state index is 13.4. The SMILES string of the molecule is C#C[C@H]1C2=Cc3[nH]c(c(CC)c3C)Cc3[nH]c4c(c3C)[C@H](O)[C@H](C(=O)OC)/C4=C3/N/C(=C\C(=C1C)N2)[C@@H](C)[C@@H]3CCC(=O)OCC. The Morgan fingerprint density at radius 2 is 1.83 bits per heavy atom. The summed E-state index contributed by atoms with van der Waals surface area (Å²) in [4.78, 5) is 33.3. The molecule has 0 spiro atoms. The maximum atomic E-state index is 13.4. The van der Waals surface area contributed by atoms with Crippen LogP contribution in [0, 0.1) is 49.9 Å². The second kappa shape index (κ2) is 12.1. The number of hydrogen-bond acceptors (Lipinski definition) is 7. The molecule has 46 heavy (non-hydrogen) atoms. The Hall–Kier alpha value is -4.42. The lowest BCUT2D eigenvalue weighted by Gasteiger charge is -2.21. The zero-order valence-corrected chi connectivity index (χ0v) is 27.7. The Balaban J connectivity index is 1.62. The van der Waals surface area contributed by atoms with Crippen molar-refractivity contribution in [3.8, 4) is 12.3 Å². The van der Waals surface area contributed by atoms with Crippen molar-refractivity contribution in [2.75, 3.05) is 13.7 Å². The van der Waals surface area contributed by atoms with Crippen molar-refractivity contribution in [3.63, 3.8) is 0 Å². The number of aliphatic hydroxyl groups is 1. The standard InChI is InChI=1S/C37H44N4O5/c1-9-21-17(4)24-14-26-19(6)23(12-13-30(42)46-11-3)34(40-26)32-33(37(44)45-8)36(43)31-20(7)27(41-35(31)32)16-29-22(10-2)18(5)25(39-29)15-28(21)38-24/h1,14-15,19,21,23,33,36,38-41,43H,10-13,16H2,2-8H3/b26-14-,28-15?,34-32-/t19-,21+,23-,33+,36-/m0/s1. The van der Waals surface area contributed by atoms with Gasteiger partial charge in [0.2, 0.25) is 0 Å². The molecular formula is C37H44N4O5. The van der Waals surface area contributed by atoms with Crippen LogP contribution in [0.5, 0.6) is 0 Å². The van der Waals surface area contributed by atoms with Gasteiger partial charge in [-0.15, -0.1) is 6.42 Å². The van der Waals surface area contributed by atoms with Crippen molar-refractivity contribution in [2.45, 2.75) is 73.3 Å². The van der Waals surface area contributed by atoms with Crippen LogP contribution in [-0.4, -0.2) is 40.7 Å². The van der Waals surface area contributed by atoms with E-state index in [1.807, 2.05) is 6.92 Å². The molecule has 3 aliphatic heterocycles. The van der Waals surface area contributed by atoms with Crippen LogP contribution in [0.1, 0.15) is 91.7 Å². The highest BCUT2D eigenvalue weighted by atomic mass is 16.5. The molecule has 1 saturated heterocycles. The van der Waals surface area contributed by atoms with E-state index in [9.17, 15) is 14.7 Å². The summed E-state index contributed by atoms with van der Waals surface area (Å²) in [7, 11) is 1.35. The monoisotopic (exact) mass is 624 g/mol. The minimum absolute atomic E-state index is 0.0399. The second-order valence-electron chi connectivity index (χ2n) is 12.8. The molecule has 1 fully saturated rings. The van der Waals surface area contributed by atoms with E-state index in [4.69, 9.17) is 15.9 Å². The lowest BCUT2D eigenvalue weighted by molar-refractivity contribution is -0.146. The zero-order valence-electron chi connectivity index (χ0n) is 27.7. The van der Waals surface area contributed by atoms with Gasteiger partial charge in [-0.3, -0.25) is 9.59 Å². The number of methoxy groups -OCH3 is 1. The molecule has 9 nitrogen and oxygen atoms in total. The van der Waals surface area contributed by atoms with E-state index in [1.165, 1.54) is 18.2 Å². The number of carbonyl (C=O) groups is 2. The topological polar surface area (TPSA) is 128 Å². The average molecular weight is 625 g/mol. The fraction of sp³-hybridized carbons (Fsp3) is 0.459. The number of terminal acetylenes is 1. The minimum Gasteiger partial charge on any atom is -0.468 e. The highest BCUT2D eigenvalue weighted by molar-refractivity contribution is 5.94. The second-order valence-corrected chi connectivity index (χ2v) is 12.8. The van der Waals surface area contributed by atoms with Crippen LogP contribution in [0.15, 0.2) is 34.4 Å². The molecule has 5 heterocycles. The summed E-state index contributed by atoms with van der Waals surface area (Å²) in [6.45, 7) is 12.6. The van der Waals surface area contributed by atoms with Gasteiger partial charge >= 0.3 is 11.9 Å². The van der Waals surface area contributed by atoms with Crippen LogP contribution in [0.4, 0.5) is 0 Å². The third-order valence-corrected chi connectivity index (χ3v) is 10.5. The summed E-state index contributed by atoms with van der Waals surface area (Å²) in [5, 5.41) is 19.1. The van der Waals surface area contributed by atoms with Crippen LogP contribution < -0.4 is 10.6 Å². The van der Waals surface area contributed by atoms with Gasteiger partial charge in [-0.1, -0.05) is 19.8 Å². The van der Waals surface area contributed by atoms with E-state index in [-0.39, 0.29) is 30.1 Å². The Morgan fingerprint density at radius 1 is 1.07 bits per heavy atom. The van der Waals surface area contributed by atoms with E-state index >= 15 is 0 Å². The number of fused-ring (bicyclic) bond motifs is 7. The number of aromatic nitrogens is 2. The molecule has 1 aliphatic carbocycles. The Kier molecular flexibility index (Phi) is 8.28. The molecule has 5 atom stereocenters. The number of aliphatic hydroxyl groups excluding tert-OH is 1. The molecular weight excluding hydrogens is 580 g/mol. The summed E-state index contributed by atoms with van der Waals surface area (Å²) >= 11 is 0. The normalized spacial score (nSPS) is 27.4. The predicted octanol–water partition coefficient (Wildman–Crippen LogP) is 5.22. The third kappa shape index (κ3) is 4.91. The van der Waals surface area contributed by atoms with Crippen LogP contribution in [-0.2, 0) is 31.9 Å². The van der Waals surface area contributed by atoms with Gasteiger partial charge in [-0.2, -0.15) is 0 Å². The number of carbonyl (C=O) groups excluding carboxylic acids is 2. The molecule has 4 aliphatic rings. The first-order valence-corrected chi connectivity index (χ1v) is 16.3. The predicted molar refractivity (Wildman–Crippen MR) is 177 cm³/mol. The molecule has 0 aromatic carbocycles. The molecule has 0 unspecified atom stereocenters. The Bertz CT molecular complexity index is 1790. The maximum Gasteiger partial charge on any atom is 0.316 e. The first-order chi connectivity index (χ1) is 22.0. The van der Waals surface area contributed by atoms with Gasteiger partial charge in [-0.05, 0) is 75.0 Å². The first-order valence-electron chi connectivity index (χ1n) is 16.3. The highest BCUT2D eigenvalue weighted by Gasteiger charge is 2.48. The van der Waals surface area contributed by atoms with E-state index in [1.54, 1.807) is 6.92 Å². The number of rotatable bonds is 6. The fourth-order valence-corrected chi connectivity index (χ4v) is 7.92. The number of esters is 2. The van der Waals surface area contributed by atoms with Crippen LogP contribution in [0.25, 0.3) is 11.6 Å². The Morgan fingerprint density at radius 3 is 2.50 bits per heavy atom. The molecule has 0 saturated carbocycles.